The number of nitrogens with one attached hydrogen (secondary N) is 1. The first-order valence-corrected chi connectivity index (χ1v) is 9.15. The van der Waals surface area contributed by atoms with Gasteiger partial charge in [-0.2, -0.15) is 0 Å². The molecule has 0 spiro atoms. The molecule has 1 aromatic rings. The van der Waals surface area contributed by atoms with Crippen molar-refractivity contribution in [3.05, 3.63) is 16.7 Å². The van der Waals surface area contributed by atoms with E-state index < -0.39 is 6.10 Å². The molecule has 1 aromatic carbocycles. The molecule has 8 nitrogen and oxygen atoms in total. The number of anilines is 1. The first-order valence-electron chi connectivity index (χ1n) is 8.77. The highest BCUT2D eigenvalue weighted by molar-refractivity contribution is 6.35. The predicted octanol–water partition coefficient (Wildman–Crippen LogP) is 0.0647. The second kappa shape index (κ2) is 8.30. The van der Waals surface area contributed by atoms with Gasteiger partial charge in [0.1, 0.15) is 18.2 Å². The van der Waals surface area contributed by atoms with E-state index in [4.69, 9.17) is 32.5 Å². The number of carbonyl (C=O) groups is 1. The Morgan fingerprint density at radius 1 is 1.38 bits per heavy atom. The Hall–Kier alpha value is -1.74. The number of ether oxygens (including phenoxy) is 2. The van der Waals surface area contributed by atoms with Gasteiger partial charge in [-0.25, -0.2) is 0 Å². The van der Waals surface area contributed by atoms with Crippen molar-refractivity contribution in [1.82, 2.24) is 10.2 Å². The van der Waals surface area contributed by atoms with Gasteiger partial charge in [-0.1, -0.05) is 11.6 Å². The molecule has 1 amide bonds. The van der Waals surface area contributed by atoms with Gasteiger partial charge < -0.3 is 31.4 Å². The second-order valence-electron chi connectivity index (χ2n) is 6.60. The summed E-state index contributed by atoms with van der Waals surface area (Å²) in [5, 5.41) is 13.4. The maximum atomic E-state index is 12.6. The third kappa shape index (κ3) is 3.98. The van der Waals surface area contributed by atoms with Crippen molar-refractivity contribution in [2.75, 3.05) is 51.7 Å². The van der Waals surface area contributed by atoms with Crippen LogP contribution in [0.3, 0.4) is 0 Å². The molecule has 1 unspecified atom stereocenters. The molecule has 0 aromatic heterocycles. The van der Waals surface area contributed by atoms with Gasteiger partial charge in [0, 0.05) is 32.1 Å². The topological polar surface area (TPSA) is 123 Å². The van der Waals surface area contributed by atoms with Gasteiger partial charge in [0.2, 0.25) is 0 Å². The van der Waals surface area contributed by atoms with Gasteiger partial charge in [-0.05, 0) is 19.0 Å². The fourth-order valence-corrected chi connectivity index (χ4v) is 3.55. The van der Waals surface area contributed by atoms with Gasteiger partial charge in [-0.3, -0.25) is 9.69 Å². The van der Waals surface area contributed by atoms with E-state index in [1.54, 1.807) is 0 Å². The maximum Gasteiger partial charge on any atom is 0.255 e. The van der Waals surface area contributed by atoms with E-state index in [1.165, 1.54) is 6.07 Å². The number of benzene rings is 1. The zero-order valence-electron chi connectivity index (χ0n) is 14.5. The molecule has 1 fully saturated rings. The van der Waals surface area contributed by atoms with Crippen LogP contribution in [0.1, 0.15) is 16.8 Å². The highest BCUT2D eigenvalue weighted by Gasteiger charge is 2.29. The minimum Gasteiger partial charge on any atom is -0.485 e. The number of aliphatic hydroxyl groups excluding tert-OH is 1. The van der Waals surface area contributed by atoms with Crippen LogP contribution in [0.25, 0.3) is 0 Å². The van der Waals surface area contributed by atoms with Crippen LogP contribution in [0.15, 0.2) is 6.07 Å². The summed E-state index contributed by atoms with van der Waals surface area (Å²) in [6, 6.07) is 1.49. The molecule has 1 saturated heterocycles. The quantitative estimate of drug-likeness (QED) is 0.529. The Morgan fingerprint density at radius 2 is 2.12 bits per heavy atom. The molecule has 6 N–H and O–H groups in total. The van der Waals surface area contributed by atoms with Gasteiger partial charge in [0.05, 0.1) is 17.4 Å². The lowest BCUT2D eigenvalue weighted by atomic mass is 9.93. The van der Waals surface area contributed by atoms with Crippen LogP contribution in [-0.2, 0) is 0 Å². The van der Waals surface area contributed by atoms with Crippen molar-refractivity contribution in [2.45, 2.75) is 12.5 Å². The minimum absolute atomic E-state index is 0.00869. The number of amides is 1. The lowest BCUT2D eigenvalue weighted by Gasteiger charge is -2.35. The summed E-state index contributed by atoms with van der Waals surface area (Å²) in [6.07, 6.45) is 0.293. The number of nitrogens with zero attached hydrogens (tertiary/aromatic N) is 1. The van der Waals surface area contributed by atoms with Gasteiger partial charge in [0.25, 0.3) is 5.91 Å². The van der Waals surface area contributed by atoms with Gasteiger partial charge in [-0.15, -0.1) is 0 Å². The smallest absolute Gasteiger partial charge is 0.255 e. The largest absolute Gasteiger partial charge is 0.485 e. The number of aliphatic hydroxyl groups is 1. The fourth-order valence-electron chi connectivity index (χ4n) is 3.35. The molecule has 26 heavy (non-hydrogen) atoms. The molecular formula is C17H25ClN4O4. The Kier molecular flexibility index (Phi) is 6.08. The lowest BCUT2D eigenvalue weighted by molar-refractivity contribution is 0.0234. The predicted molar refractivity (Wildman–Crippen MR) is 98.8 cm³/mol. The van der Waals surface area contributed by atoms with Crippen LogP contribution >= 0.6 is 11.6 Å². The second-order valence-corrected chi connectivity index (χ2v) is 6.98. The number of nitrogens with two attached hydrogens (primary N) is 2. The number of rotatable bonds is 5. The van der Waals surface area contributed by atoms with Crippen molar-refractivity contribution in [1.29, 1.82) is 0 Å². The van der Waals surface area contributed by atoms with E-state index in [2.05, 4.69) is 10.2 Å². The average Bonchev–Trinajstić information content (AvgIpc) is 2.64. The number of piperidine rings is 1. The number of likely N-dealkylation sites (tertiary alicyclic amines) is 1. The molecule has 2 heterocycles. The van der Waals surface area contributed by atoms with Crippen LogP contribution in [0.4, 0.5) is 5.69 Å². The number of hydrogen-bond acceptors (Lipinski definition) is 7. The van der Waals surface area contributed by atoms with E-state index in [0.717, 1.165) is 19.5 Å². The minimum atomic E-state index is -0.501. The van der Waals surface area contributed by atoms with Crippen molar-refractivity contribution >= 4 is 23.2 Å². The van der Waals surface area contributed by atoms with Crippen LogP contribution in [-0.4, -0.2) is 68.0 Å². The summed E-state index contributed by atoms with van der Waals surface area (Å²) in [4.78, 5) is 14.8. The van der Waals surface area contributed by atoms with Crippen molar-refractivity contribution in [3.8, 4) is 11.5 Å². The van der Waals surface area contributed by atoms with E-state index in [-0.39, 0.29) is 28.1 Å². The first-order chi connectivity index (χ1) is 12.5. The summed E-state index contributed by atoms with van der Waals surface area (Å²) in [5.74, 6) is 0.279. The van der Waals surface area contributed by atoms with Crippen LogP contribution in [0.5, 0.6) is 11.5 Å². The summed E-state index contributed by atoms with van der Waals surface area (Å²) in [7, 11) is 0. The number of fused-ring (bicyclic) bond motifs is 1. The summed E-state index contributed by atoms with van der Waals surface area (Å²) in [6.45, 7) is 3.82. The molecule has 0 bridgehead atoms. The Balaban J connectivity index is 1.65. The monoisotopic (exact) mass is 384 g/mol. The average molecular weight is 385 g/mol. The van der Waals surface area contributed by atoms with Crippen molar-refractivity contribution in [3.63, 3.8) is 0 Å². The third-order valence-corrected chi connectivity index (χ3v) is 5.19. The molecular weight excluding hydrogens is 360 g/mol. The molecule has 144 valence electrons. The summed E-state index contributed by atoms with van der Waals surface area (Å²) in [5.41, 5.74) is 12.0. The zero-order chi connectivity index (χ0) is 18.7. The number of halogens is 1. The summed E-state index contributed by atoms with van der Waals surface area (Å²) >= 11 is 6.14. The van der Waals surface area contributed by atoms with Gasteiger partial charge >= 0.3 is 0 Å². The SMILES string of the molecule is NCCN1CC[C@@H](CNC(=O)c2cc(N)c(Cl)c3c2OCCO3)C(O)C1. The highest BCUT2D eigenvalue weighted by Crippen LogP contribution is 2.43. The normalized spacial score (nSPS) is 22.9. The Bertz CT molecular complexity index is 673. The van der Waals surface area contributed by atoms with E-state index in [9.17, 15) is 9.90 Å². The third-order valence-electron chi connectivity index (χ3n) is 4.80. The van der Waals surface area contributed by atoms with Crippen LogP contribution < -0.4 is 26.3 Å². The number of nitrogen functional groups attached to an aromatic ring is 1. The summed E-state index contributed by atoms with van der Waals surface area (Å²) < 4.78 is 11.1. The molecule has 0 aliphatic carbocycles. The Morgan fingerprint density at radius 3 is 2.81 bits per heavy atom. The van der Waals surface area contributed by atoms with Crippen LogP contribution in [0, 0.1) is 5.92 Å². The van der Waals surface area contributed by atoms with E-state index >= 15 is 0 Å². The Labute approximate surface area is 157 Å². The number of β-amino-alcohol motifs (C(OH)–C–C–N with tert-alkyl or cyclic N) is 1. The standard InChI is InChI=1S/C17H25ClN4O4/c18-14-12(20)7-11(15-16(14)26-6-5-25-15)17(24)21-8-10-1-3-22(4-2-19)9-13(10)23/h7,10,13,23H,1-6,8-9,19-20H2,(H,21,24)/t10-,13?/m0/s1. The maximum absolute atomic E-state index is 12.6. The number of hydrogen-bond donors (Lipinski definition) is 4. The number of carbonyl (C=O) groups excluding carboxylic acids is 1. The molecule has 0 saturated carbocycles. The molecule has 0 radical (unpaired) electrons. The molecule has 2 aliphatic heterocycles. The lowest BCUT2D eigenvalue weighted by Crippen LogP contribution is -2.48. The first kappa shape index (κ1) is 19.0. The molecule has 2 aliphatic rings. The van der Waals surface area contributed by atoms with E-state index in [1.807, 2.05) is 0 Å². The molecule has 2 atom stereocenters. The highest BCUT2D eigenvalue weighted by atomic mass is 35.5. The van der Waals surface area contributed by atoms with Crippen molar-refractivity contribution in [2.24, 2.45) is 11.7 Å². The fraction of sp³-hybridized carbons (Fsp3) is 0.588. The van der Waals surface area contributed by atoms with E-state index in [0.29, 0.717) is 44.3 Å². The zero-order valence-corrected chi connectivity index (χ0v) is 15.3. The molecule has 9 heteroatoms. The van der Waals surface area contributed by atoms with Crippen molar-refractivity contribution < 1.29 is 19.4 Å². The van der Waals surface area contributed by atoms with Gasteiger partial charge in [0.15, 0.2) is 11.5 Å². The van der Waals surface area contributed by atoms with Crippen LogP contribution in [0.2, 0.25) is 5.02 Å². The molecule has 3 rings (SSSR count).